The maximum Gasteiger partial charge on any atom is 0.123 e. The first-order chi connectivity index (χ1) is 9.93. The number of nitrogens with two attached hydrogens (primary N) is 1. The first-order valence-electron chi connectivity index (χ1n) is 7.06. The van der Waals surface area contributed by atoms with Crippen LogP contribution in [0.4, 0.5) is 4.39 Å². The van der Waals surface area contributed by atoms with Crippen molar-refractivity contribution in [2.24, 2.45) is 12.8 Å². The van der Waals surface area contributed by atoms with Gasteiger partial charge in [-0.2, -0.15) is 5.10 Å². The van der Waals surface area contributed by atoms with Gasteiger partial charge in [-0.3, -0.25) is 9.58 Å². The van der Waals surface area contributed by atoms with Crippen molar-refractivity contribution < 1.29 is 4.39 Å². The highest BCUT2D eigenvalue weighted by Crippen LogP contribution is 2.21. The normalized spacial score (nSPS) is 14.4. The van der Waals surface area contributed by atoms with Gasteiger partial charge >= 0.3 is 0 Å². The molecule has 1 atom stereocenters. The van der Waals surface area contributed by atoms with Crippen LogP contribution in [-0.4, -0.2) is 33.8 Å². The topological polar surface area (TPSA) is 47.1 Å². The van der Waals surface area contributed by atoms with E-state index in [0.717, 1.165) is 24.1 Å². The van der Waals surface area contributed by atoms with Crippen molar-refractivity contribution in [1.29, 1.82) is 0 Å². The van der Waals surface area contributed by atoms with Crippen LogP contribution in [0.3, 0.4) is 0 Å². The van der Waals surface area contributed by atoms with Crippen molar-refractivity contribution in [3.63, 3.8) is 0 Å². The quantitative estimate of drug-likeness (QED) is 0.884. The number of aromatic nitrogens is 2. The summed E-state index contributed by atoms with van der Waals surface area (Å²) in [6, 6.07) is 6.63. The van der Waals surface area contributed by atoms with Crippen LogP contribution >= 0.6 is 0 Å². The average Bonchev–Trinajstić information content (AvgIpc) is 2.86. The van der Waals surface area contributed by atoms with E-state index in [1.165, 1.54) is 12.1 Å². The minimum absolute atomic E-state index is 0.187. The lowest BCUT2D eigenvalue weighted by atomic mass is 9.91. The molecule has 0 saturated heterocycles. The molecule has 5 heteroatoms. The smallest absolute Gasteiger partial charge is 0.123 e. The summed E-state index contributed by atoms with van der Waals surface area (Å²) < 4.78 is 14.8. The fourth-order valence-corrected chi connectivity index (χ4v) is 2.42. The van der Waals surface area contributed by atoms with Crippen molar-refractivity contribution in [1.82, 2.24) is 14.7 Å². The lowest BCUT2D eigenvalue weighted by Gasteiger charge is -2.38. The standard InChI is InChI=1S/C16H23FN4/c1-16(12-18,8-13-4-6-15(17)7-5-13)20(2)10-14-9-19-21(3)11-14/h4-7,9,11H,8,10,12,18H2,1-3H3. The number of nitrogens with zero attached hydrogens (tertiary/aromatic N) is 3. The van der Waals surface area contributed by atoms with Crippen LogP contribution in [0.15, 0.2) is 36.7 Å². The van der Waals surface area contributed by atoms with Crippen molar-refractivity contribution in [2.45, 2.75) is 25.4 Å². The van der Waals surface area contributed by atoms with E-state index >= 15 is 0 Å². The summed E-state index contributed by atoms with van der Waals surface area (Å²) in [6.45, 7) is 3.44. The predicted molar refractivity (Wildman–Crippen MR) is 82.2 cm³/mol. The van der Waals surface area contributed by atoms with E-state index in [0.29, 0.717) is 6.54 Å². The molecule has 0 spiro atoms. The zero-order chi connectivity index (χ0) is 15.5. The predicted octanol–water partition coefficient (Wildman–Crippen LogP) is 1.95. The minimum atomic E-state index is -0.211. The van der Waals surface area contributed by atoms with Crippen molar-refractivity contribution >= 4 is 0 Å². The van der Waals surface area contributed by atoms with Crippen molar-refractivity contribution in [3.05, 3.63) is 53.6 Å². The SMILES string of the molecule is CN(Cc1cnn(C)c1)C(C)(CN)Cc1ccc(F)cc1. The third kappa shape index (κ3) is 3.89. The second-order valence-corrected chi connectivity index (χ2v) is 5.88. The van der Waals surface area contributed by atoms with Gasteiger partial charge in [0, 0.05) is 37.4 Å². The largest absolute Gasteiger partial charge is 0.329 e. The molecule has 0 radical (unpaired) electrons. The summed E-state index contributed by atoms with van der Waals surface area (Å²) in [4.78, 5) is 2.23. The fourth-order valence-electron chi connectivity index (χ4n) is 2.42. The molecule has 21 heavy (non-hydrogen) atoms. The fraction of sp³-hybridized carbons (Fsp3) is 0.438. The van der Waals surface area contributed by atoms with E-state index in [4.69, 9.17) is 5.73 Å². The van der Waals surface area contributed by atoms with Crippen LogP contribution in [0, 0.1) is 5.82 Å². The molecule has 2 N–H and O–H groups in total. The Kier molecular flexibility index (Phi) is 4.75. The molecule has 0 bridgehead atoms. The van der Waals surface area contributed by atoms with E-state index < -0.39 is 0 Å². The lowest BCUT2D eigenvalue weighted by Crippen LogP contribution is -2.50. The second kappa shape index (κ2) is 6.37. The third-order valence-corrected chi connectivity index (χ3v) is 4.04. The van der Waals surface area contributed by atoms with Crippen LogP contribution in [0.1, 0.15) is 18.1 Å². The van der Waals surface area contributed by atoms with Crippen LogP contribution in [0.25, 0.3) is 0 Å². The Hall–Kier alpha value is -1.72. The summed E-state index contributed by atoms with van der Waals surface area (Å²) >= 11 is 0. The van der Waals surface area contributed by atoms with Gasteiger partial charge in [-0.15, -0.1) is 0 Å². The highest BCUT2D eigenvalue weighted by Gasteiger charge is 2.28. The Labute approximate surface area is 125 Å². The van der Waals surface area contributed by atoms with Crippen LogP contribution in [0.2, 0.25) is 0 Å². The molecule has 0 fully saturated rings. The first kappa shape index (κ1) is 15.7. The summed E-state index contributed by atoms with van der Waals surface area (Å²) in [5.41, 5.74) is 8.06. The highest BCUT2D eigenvalue weighted by atomic mass is 19.1. The Morgan fingerprint density at radius 1 is 1.29 bits per heavy atom. The molecule has 114 valence electrons. The number of hydrogen-bond donors (Lipinski definition) is 1. The molecule has 2 rings (SSSR count). The zero-order valence-electron chi connectivity index (χ0n) is 12.9. The van der Waals surface area contributed by atoms with Crippen LogP contribution < -0.4 is 5.73 Å². The summed E-state index contributed by atoms with van der Waals surface area (Å²) in [7, 11) is 3.97. The van der Waals surface area contributed by atoms with Gasteiger partial charge in [0.1, 0.15) is 5.82 Å². The van der Waals surface area contributed by atoms with Gasteiger partial charge < -0.3 is 5.73 Å². The molecule has 4 nitrogen and oxygen atoms in total. The Morgan fingerprint density at radius 2 is 1.95 bits per heavy atom. The number of likely N-dealkylation sites (N-methyl/N-ethyl adjacent to an activating group) is 1. The molecule has 0 aliphatic rings. The third-order valence-electron chi connectivity index (χ3n) is 4.04. The summed E-state index contributed by atoms with van der Waals surface area (Å²) in [5, 5.41) is 4.19. The monoisotopic (exact) mass is 290 g/mol. The van der Waals surface area contributed by atoms with Crippen molar-refractivity contribution in [3.8, 4) is 0 Å². The molecule has 1 heterocycles. The van der Waals surface area contributed by atoms with Gasteiger partial charge in [0.25, 0.3) is 0 Å². The number of rotatable bonds is 6. The molecule has 0 amide bonds. The molecule has 1 aromatic carbocycles. The molecule has 0 aliphatic heterocycles. The maximum atomic E-state index is 13.0. The highest BCUT2D eigenvalue weighted by molar-refractivity contribution is 5.19. The Morgan fingerprint density at radius 3 is 2.48 bits per heavy atom. The van der Waals surface area contributed by atoms with Crippen LogP contribution in [-0.2, 0) is 20.0 Å². The van der Waals surface area contributed by atoms with Crippen molar-refractivity contribution in [2.75, 3.05) is 13.6 Å². The number of halogens is 1. The van der Waals surface area contributed by atoms with E-state index in [-0.39, 0.29) is 11.4 Å². The van der Waals surface area contributed by atoms with E-state index in [2.05, 4.69) is 24.0 Å². The minimum Gasteiger partial charge on any atom is -0.329 e. The summed E-state index contributed by atoms with van der Waals surface area (Å²) in [6.07, 6.45) is 4.65. The lowest BCUT2D eigenvalue weighted by molar-refractivity contribution is 0.136. The maximum absolute atomic E-state index is 13.0. The average molecular weight is 290 g/mol. The second-order valence-electron chi connectivity index (χ2n) is 5.88. The summed E-state index contributed by atoms with van der Waals surface area (Å²) in [5.74, 6) is -0.211. The van der Waals surface area contributed by atoms with E-state index in [9.17, 15) is 4.39 Å². The van der Waals surface area contributed by atoms with Gasteiger partial charge in [0.05, 0.1) is 6.20 Å². The molecule has 1 aromatic heterocycles. The molecule has 2 aromatic rings. The van der Waals surface area contributed by atoms with Gasteiger partial charge in [-0.25, -0.2) is 4.39 Å². The number of benzene rings is 1. The Balaban J connectivity index is 2.09. The van der Waals surface area contributed by atoms with Crippen LogP contribution in [0.5, 0.6) is 0 Å². The van der Waals surface area contributed by atoms with Gasteiger partial charge in [-0.1, -0.05) is 12.1 Å². The molecular formula is C16H23FN4. The molecule has 0 saturated carbocycles. The van der Waals surface area contributed by atoms with E-state index in [1.54, 1.807) is 4.68 Å². The molecule has 0 aliphatic carbocycles. The van der Waals surface area contributed by atoms with Gasteiger partial charge in [-0.05, 0) is 38.1 Å². The molecular weight excluding hydrogens is 267 g/mol. The number of hydrogen-bond acceptors (Lipinski definition) is 3. The zero-order valence-corrected chi connectivity index (χ0v) is 12.9. The Bertz CT molecular complexity index is 578. The van der Waals surface area contributed by atoms with Gasteiger partial charge in [0.2, 0.25) is 0 Å². The molecule has 1 unspecified atom stereocenters. The number of aryl methyl sites for hydroxylation is 1. The van der Waals surface area contributed by atoms with Gasteiger partial charge in [0.15, 0.2) is 0 Å². The van der Waals surface area contributed by atoms with E-state index in [1.807, 2.05) is 31.6 Å². The first-order valence-corrected chi connectivity index (χ1v) is 7.06.